The molecule has 1 aliphatic rings. The highest BCUT2D eigenvalue weighted by Crippen LogP contribution is 2.34. The summed E-state index contributed by atoms with van der Waals surface area (Å²) in [5.74, 6) is -1.01. The highest BCUT2D eigenvalue weighted by molar-refractivity contribution is 6.17. The van der Waals surface area contributed by atoms with E-state index in [1.165, 1.54) is 0 Å². The Kier molecular flexibility index (Phi) is 2.80. The number of carbonyl (C=O) groups is 2. The third-order valence-electron chi connectivity index (χ3n) is 3.19. The molecule has 17 heavy (non-hydrogen) atoms. The van der Waals surface area contributed by atoms with E-state index in [1.807, 2.05) is 0 Å². The summed E-state index contributed by atoms with van der Waals surface area (Å²) >= 11 is 0. The molecule has 0 aromatic heterocycles. The number of allylic oxidation sites excluding steroid dienone is 2. The minimum Gasteiger partial charge on any atom is -0.293 e. The van der Waals surface area contributed by atoms with Gasteiger partial charge >= 0.3 is 0 Å². The van der Waals surface area contributed by atoms with Crippen molar-refractivity contribution in [1.82, 2.24) is 0 Å². The summed E-state index contributed by atoms with van der Waals surface area (Å²) < 4.78 is 0. The van der Waals surface area contributed by atoms with Crippen LogP contribution in [0.15, 0.2) is 49.1 Å². The average molecular weight is 226 g/mol. The van der Waals surface area contributed by atoms with Gasteiger partial charge in [0.2, 0.25) is 0 Å². The number of fused-ring (bicyclic) bond motifs is 1. The van der Waals surface area contributed by atoms with E-state index in [-0.39, 0.29) is 11.6 Å². The summed E-state index contributed by atoms with van der Waals surface area (Å²) in [7, 11) is 0. The standard InChI is InChI=1S/C15H14O2/c1-4-10-13(9(2)3)15(17)12-8-6-5-7-11(12)14(10)16/h4-8,10,13H,1-2H2,3H3. The molecular weight excluding hydrogens is 212 g/mol. The van der Waals surface area contributed by atoms with Gasteiger partial charge < -0.3 is 0 Å². The van der Waals surface area contributed by atoms with E-state index >= 15 is 0 Å². The SMILES string of the molecule is C=CC1C(=O)c2ccccc2C(=O)C1C(=C)C. The van der Waals surface area contributed by atoms with Gasteiger partial charge in [-0.3, -0.25) is 9.59 Å². The summed E-state index contributed by atoms with van der Waals surface area (Å²) in [6.45, 7) is 9.25. The van der Waals surface area contributed by atoms with Crippen LogP contribution in [0.5, 0.6) is 0 Å². The Bertz CT molecular complexity index is 525. The van der Waals surface area contributed by atoms with Crippen LogP contribution in [0.2, 0.25) is 0 Å². The molecule has 0 spiro atoms. The molecule has 0 saturated heterocycles. The minimum atomic E-state index is -0.477. The molecule has 0 amide bonds. The zero-order valence-corrected chi connectivity index (χ0v) is 9.77. The molecule has 0 bridgehead atoms. The average Bonchev–Trinajstić information content (AvgIpc) is 2.33. The Balaban J connectivity index is 2.64. The molecule has 2 rings (SSSR count). The van der Waals surface area contributed by atoms with Gasteiger partial charge in [-0.1, -0.05) is 42.5 Å². The van der Waals surface area contributed by atoms with Crippen LogP contribution >= 0.6 is 0 Å². The van der Waals surface area contributed by atoms with Crippen LogP contribution in [0.1, 0.15) is 27.6 Å². The number of carbonyl (C=O) groups excluding carboxylic acids is 2. The van der Waals surface area contributed by atoms with Crippen LogP contribution < -0.4 is 0 Å². The lowest BCUT2D eigenvalue weighted by atomic mass is 9.71. The Hall–Kier alpha value is -1.96. The van der Waals surface area contributed by atoms with Gasteiger partial charge in [0.25, 0.3) is 0 Å². The summed E-state index contributed by atoms with van der Waals surface area (Å²) in [6.07, 6.45) is 1.55. The van der Waals surface area contributed by atoms with E-state index in [0.29, 0.717) is 16.7 Å². The van der Waals surface area contributed by atoms with Crippen LogP contribution in [0.3, 0.4) is 0 Å². The maximum atomic E-state index is 12.3. The van der Waals surface area contributed by atoms with Crippen molar-refractivity contribution in [3.63, 3.8) is 0 Å². The van der Waals surface area contributed by atoms with Crippen molar-refractivity contribution < 1.29 is 9.59 Å². The number of Topliss-reactive ketones (excluding diaryl/α,β-unsaturated/α-hetero) is 2. The van der Waals surface area contributed by atoms with Crippen molar-refractivity contribution in [3.05, 3.63) is 60.2 Å². The van der Waals surface area contributed by atoms with Crippen molar-refractivity contribution in [2.75, 3.05) is 0 Å². The fraction of sp³-hybridized carbons (Fsp3) is 0.200. The lowest BCUT2D eigenvalue weighted by Gasteiger charge is -2.28. The first kappa shape index (κ1) is 11.5. The van der Waals surface area contributed by atoms with E-state index in [0.717, 1.165) is 0 Å². The van der Waals surface area contributed by atoms with Crippen LogP contribution in [-0.2, 0) is 0 Å². The van der Waals surface area contributed by atoms with E-state index in [2.05, 4.69) is 13.2 Å². The van der Waals surface area contributed by atoms with Gasteiger partial charge in [-0.05, 0) is 6.92 Å². The lowest BCUT2D eigenvalue weighted by Crippen LogP contribution is -2.35. The maximum absolute atomic E-state index is 12.3. The normalized spacial score (nSPS) is 23.1. The number of ketones is 2. The molecule has 0 heterocycles. The largest absolute Gasteiger partial charge is 0.293 e. The zero-order valence-electron chi connectivity index (χ0n) is 9.77. The topological polar surface area (TPSA) is 34.1 Å². The van der Waals surface area contributed by atoms with E-state index < -0.39 is 11.8 Å². The highest BCUT2D eigenvalue weighted by atomic mass is 16.1. The van der Waals surface area contributed by atoms with Gasteiger partial charge in [0.05, 0.1) is 11.8 Å². The quantitative estimate of drug-likeness (QED) is 0.726. The van der Waals surface area contributed by atoms with Crippen LogP contribution in [-0.4, -0.2) is 11.6 Å². The van der Waals surface area contributed by atoms with Crippen LogP contribution in [0.4, 0.5) is 0 Å². The smallest absolute Gasteiger partial charge is 0.171 e. The molecule has 86 valence electrons. The van der Waals surface area contributed by atoms with Crippen molar-refractivity contribution in [2.24, 2.45) is 11.8 Å². The van der Waals surface area contributed by atoms with Crippen molar-refractivity contribution in [1.29, 1.82) is 0 Å². The second-order valence-corrected chi connectivity index (χ2v) is 4.36. The zero-order chi connectivity index (χ0) is 12.6. The van der Waals surface area contributed by atoms with Crippen LogP contribution in [0.25, 0.3) is 0 Å². The summed E-state index contributed by atoms with van der Waals surface area (Å²) in [5, 5.41) is 0. The highest BCUT2D eigenvalue weighted by Gasteiger charge is 2.39. The first-order valence-electron chi connectivity index (χ1n) is 5.53. The predicted molar refractivity (Wildman–Crippen MR) is 67.1 cm³/mol. The second-order valence-electron chi connectivity index (χ2n) is 4.36. The van der Waals surface area contributed by atoms with E-state index in [9.17, 15) is 9.59 Å². The molecule has 1 aliphatic carbocycles. The fourth-order valence-corrected chi connectivity index (χ4v) is 2.35. The molecule has 1 aromatic rings. The Labute approximate surface area is 101 Å². The fourth-order valence-electron chi connectivity index (χ4n) is 2.35. The van der Waals surface area contributed by atoms with Gasteiger partial charge in [0.15, 0.2) is 11.6 Å². The molecule has 2 nitrogen and oxygen atoms in total. The summed E-state index contributed by atoms with van der Waals surface area (Å²) in [4.78, 5) is 24.6. The molecule has 2 atom stereocenters. The maximum Gasteiger partial charge on any atom is 0.171 e. The molecule has 1 aromatic carbocycles. The first-order valence-corrected chi connectivity index (χ1v) is 5.53. The third kappa shape index (κ3) is 1.66. The van der Waals surface area contributed by atoms with Gasteiger partial charge in [-0.2, -0.15) is 0 Å². The number of hydrogen-bond donors (Lipinski definition) is 0. The Morgan fingerprint density at radius 2 is 1.71 bits per heavy atom. The molecule has 2 heteroatoms. The van der Waals surface area contributed by atoms with Crippen LogP contribution in [0, 0.1) is 11.8 Å². The number of hydrogen-bond acceptors (Lipinski definition) is 2. The van der Waals surface area contributed by atoms with E-state index in [4.69, 9.17) is 0 Å². The molecular formula is C15H14O2. The van der Waals surface area contributed by atoms with Crippen molar-refractivity contribution in [2.45, 2.75) is 6.92 Å². The monoisotopic (exact) mass is 226 g/mol. The Morgan fingerprint density at radius 3 is 2.18 bits per heavy atom. The molecule has 0 saturated carbocycles. The number of benzene rings is 1. The van der Waals surface area contributed by atoms with Crippen molar-refractivity contribution in [3.8, 4) is 0 Å². The van der Waals surface area contributed by atoms with Gasteiger partial charge in [0, 0.05) is 11.1 Å². The van der Waals surface area contributed by atoms with Gasteiger partial charge in [0.1, 0.15) is 0 Å². The molecule has 2 unspecified atom stereocenters. The van der Waals surface area contributed by atoms with Gasteiger partial charge in [-0.15, -0.1) is 6.58 Å². The first-order chi connectivity index (χ1) is 8.07. The summed E-state index contributed by atoms with van der Waals surface area (Å²) in [6, 6.07) is 6.94. The number of rotatable bonds is 2. The molecule has 0 N–H and O–H groups in total. The van der Waals surface area contributed by atoms with Gasteiger partial charge in [-0.25, -0.2) is 0 Å². The minimum absolute atomic E-state index is 0.0300. The van der Waals surface area contributed by atoms with Crippen molar-refractivity contribution >= 4 is 11.6 Å². The second kappa shape index (κ2) is 4.13. The summed E-state index contributed by atoms with van der Waals surface area (Å²) in [5.41, 5.74) is 1.71. The molecule has 0 radical (unpaired) electrons. The lowest BCUT2D eigenvalue weighted by molar-refractivity contribution is 0.0796. The molecule has 0 aliphatic heterocycles. The molecule has 0 fully saturated rings. The third-order valence-corrected chi connectivity index (χ3v) is 3.19. The van der Waals surface area contributed by atoms with E-state index in [1.54, 1.807) is 37.3 Å². The Morgan fingerprint density at radius 1 is 1.18 bits per heavy atom. The predicted octanol–water partition coefficient (Wildman–Crippen LogP) is 3.06.